The molecule has 0 rings (SSSR count). The predicted molar refractivity (Wildman–Crippen MR) is 53.7 cm³/mol. The van der Waals surface area contributed by atoms with Crippen molar-refractivity contribution in [2.45, 2.75) is 13.3 Å². The first kappa shape index (κ1) is 13.7. The minimum absolute atomic E-state index is 0.0720. The van der Waals surface area contributed by atoms with Crippen LogP contribution in [0.4, 0.5) is 0 Å². The van der Waals surface area contributed by atoms with Crippen molar-refractivity contribution in [2.24, 2.45) is 0 Å². The Morgan fingerprint density at radius 2 is 2.07 bits per heavy atom. The molecule has 0 heterocycles. The molecule has 0 aromatic rings. The third-order valence-corrected chi connectivity index (χ3v) is 2.39. The molecule has 0 spiro atoms. The zero-order valence-electron chi connectivity index (χ0n) is 8.27. The number of allylic oxidation sites excluding steroid dienone is 1. The first-order valence-corrected chi connectivity index (χ1v) is 5.90. The highest BCUT2D eigenvalue weighted by atomic mass is 31.1. The number of carboxylic acid groups (broad SMARTS) is 1. The van der Waals surface area contributed by atoms with Crippen LogP contribution >= 0.6 is 7.80 Å². The van der Waals surface area contributed by atoms with E-state index in [-0.39, 0.29) is 18.3 Å². The van der Waals surface area contributed by atoms with Gasteiger partial charge >= 0.3 is 13.8 Å². The molecular formula is C8H13NO5P+. The number of carbonyl (C=O) groups excluding carboxylic acids is 1. The average molecular weight is 234 g/mol. The Morgan fingerprint density at radius 1 is 1.47 bits per heavy atom. The van der Waals surface area contributed by atoms with E-state index in [4.69, 9.17) is 10.2 Å². The second-order valence-electron chi connectivity index (χ2n) is 2.63. The Labute approximate surface area is 87.8 Å². The van der Waals surface area contributed by atoms with Crippen molar-refractivity contribution in [1.82, 2.24) is 5.32 Å². The van der Waals surface area contributed by atoms with Gasteiger partial charge in [0.1, 0.15) is 5.70 Å². The zero-order chi connectivity index (χ0) is 11.8. The molecule has 1 unspecified atom stereocenters. The van der Waals surface area contributed by atoms with Crippen LogP contribution in [0.15, 0.2) is 11.8 Å². The highest BCUT2D eigenvalue weighted by Crippen LogP contribution is 2.17. The van der Waals surface area contributed by atoms with Crippen LogP contribution in [0.3, 0.4) is 0 Å². The number of aliphatic carboxylic acids is 1. The van der Waals surface area contributed by atoms with Crippen LogP contribution in [0.5, 0.6) is 0 Å². The number of carbonyl (C=O) groups is 2. The van der Waals surface area contributed by atoms with Gasteiger partial charge in [0.15, 0.2) is 6.16 Å². The molecule has 0 aliphatic carbocycles. The van der Waals surface area contributed by atoms with E-state index in [0.29, 0.717) is 0 Å². The summed E-state index contributed by atoms with van der Waals surface area (Å²) in [6.07, 6.45) is 0.722. The van der Waals surface area contributed by atoms with Crippen molar-refractivity contribution in [3.63, 3.8) is 0 Å². The smallest absolute Gasteiger partial charge is 0.370 e. The Bertz CT molecular complexity index is 299. The van der Waals surface area contributed by atoms with E-state index in [1.165, 1.54) is 0 Å². The van der Waals surface area contributed by atoms with Crippen molar-refractivity contribution >= 4 is 19.7 Å². The highest BCUT2D eigenvalue weighted by molar-refractivity contribution is 7.44. The van der Waals surface area contributed by atoms with Crippen LogP contribution in [0.25, 0.3) is 0 Å². The number of hydrogen-bond acceptors (Lipinski definition) is 4. The number of rotatable bonds is 6. The molecular weight excluding hydrogens is 221 g/mol. The minimum atomic E-state index is -1.85. The van der Waals surface area contributed by atoms with Crippen LogP contribution in [0.1, 0.15) is 13.3 Å². The summed E-state index contributed by atoms with van der Waals surface area (Å²) in [7, 11) is -1.85. The van der Waals surface area contributed by atoms with Crippen LogP contribution in [-0.2, 0) is 14.2 Å². The average Bonchev–Trinajstić information content (AvgIpc) is 2.22. The van der Waals surface area contributed by atoms with Gasteiger partial charge in [-0.15, -0.1) is 0 Å². The lowest BCUT2D eigenvalue weighted by Gasteiger charge is -2.02. The van der Waals surface area contributed by atoms with Crippen LogP contribution < -0.4 is 5.32 Å². The molecule has 0 aromatic heterocycles. The molecule has 3 N–H and O–H groups in total. The van der Waals surface area contributed by atoms with Gasteiger partial charge in [-0.1, -0.05) is 11.5 Å². The maximum Gasteiger partial charge on any atom is 0.370 e. The van der Waals surface area contributed by atoms with Crippen molar-refractivity contribution in [2.75, 3.05) is 12.5 Å². The molecule has 15 heavy (non-hydrogen) atoms. The van der Waals surface area contributed by atoms with E-state index in [9.17, 15) is 14.2 Å². The highest BCUT2D eigenvalue weighted by Gasteiger charge is 2.15. The number of carboxylic acids is 1. The second kappa shape index (κ2) is 7.09. The van der Waals surface area contributed by atoms with E-state index in [0.717, 1.165) is 6.08 Å². The predicted octanol–water partition coefficient (Wildman–Crippen LogP) is 0.258. The molecule has 0 saturated carbocycles. The summed E-state index contributed by atoms with van der Waals surface area (Å²) in [5.74, 6) is -1.72. The SMILES string of the molecule is CCC(=O)N/C(=C\C[P+](=O)CO)C(=O)O. The maximum absolute atomic E-state index is 10.9. The molecule has 0 radical (unpaired) electrons. The zero-order valence-corrected chi connectivity index (χ0v) is 9.16. The van der Waals surface area contributed by atoms with E-state index >= 15 is 0 Å². The van der Waals surface area contributed by atoms with Crippen LogP contribution in [0, 0.1) is 0 Å². The number of nitrogens with one attached hydrogen (secondary N) is 1. The Morgan fingerprint density at radius 3 is 2.47 bits per heavy atom. The van der Waals surface area contributed by atoms with Gasteiger partial charge in [-0.25, -0.2) is 4.79 Å². The van der Waals surface area contributed by atoms with E-state index in [1.807, 2.05) is 0 Å². The molecule has 0 aromatic carbocycles. The van der Waals surface area contributed by atoms with Crippen molar-refractivity contribution in [1.29, 1.82) is 0 Å². The first-order valence-electron chi connectivity index (χ1n) is 4.27. The summed E-state index contributed by atoms with van der Waals surface area (Å²) in [6, 6.07) is 0. The normalized spacial score (nSPS) is 12.1. The third-order valence-electron chi connectivity index (χ3n) is 1.48. The van der Waals surface area contributed by atoms with Gasteiger partial charge in [0.25, 0.3) is 0 Å². The molecule has 84 valence electrons. The van der Waals surface area contributed by atoms with Gasteiger partial charge < -0.3 is 15.5 Å². The largest absolute Gasteiger partial charge is 0.477 e. The summed E-state index contributed by atoms with van der Waals surface area (Å²) < 4.78 is 10.8. The Balaban J connectivity index is 4.45. The maximum atomic E-state index is 10.9. The standard InChI is InChI=1S/C8H12NO5P/c1-2-7(11)9-6(8(12)13)3-4-15(14)5-10/h3,10H,2,4-5H2,1H3,(H-,9,11,12,13)/p+1/b6-3-. The summed E-state index contributed by atoms with van der Waals surface area (Å²) in [5.41, 5.74) is -0.307. The molecule has 0 saturated heterocycles. The number of amides is 1. The number of aliphatic hydroxyl groups excluding tert-OH is 1. The van der Waals surface area contributed by atoms with Gasteiger partial charge in [0.05, 0.1) is 0 Å². The molecule has 1 amide bonds. The van der Waals surface area contributed by atoms with Gasteiger partial charge in [-0.05, 0) is 6.08 Å². The van der Waals surface area contributed by atoms with E-state index in [1.54, 1.807) is 6.92 Å². The molecule has 0 bridgehead atoms. The summed E-state index contributed by atoms with van der Waals surface area (Å²) in [4.78, 5) is 21.5. The minimum Gasteiger partial charge on any atom is -0.477 e. The summed E-state index contributed by atoms with van der Waals surface area (Å²) in [5, 5.41) is 19.3. The van der Waals surface area contributed by atoms with Crippen LogP contribution in [0.2, 0.25) is 0 Å². The van der Waals surface area contributed by atoms with Crippen molar-refractivity contribution < 1.29 is 24.4 Å². The summed E-state index contributed by atoms with van der Waals surface area (Å²) in [6.45, 7) is 1.59. The van der Waals surface area contributed by atoms with Gasteiger partial charge in [-0.3, -0.25) is 4.79 Å². The second-order valence-corrected chi connectivity index (χ2v) is 4.24. The molecule has 0 aliphatic rings. The van der Waals surface area contributed by atoms with Gasteiger partial charge in [0, 0.05) is 6.42 Å². The van der Waals surface area contributed by atoms with Crippen molar-refractivity contribution in [3.8, 4) is 0 Å². The quantitative estimate of drug-likeness (QED) is 0.451. The topological polar surface area (TPSA) is 104 Å². The Hall–Kier alpha value is -1.26. The van der Waals surface area contributed by atoms with Crippen molar-refractivity contribution in [3.05, 3.63) is 11.8 Å². The van der Waals surface area contributed by atoms with E-state index < -0.39 is 26.0 Å². The fourth-order valence-electron chi connectivity index (χ4n) is 0.681. The fraction of sp³-hybridized carbons (Fsp3) is 0.500. The fourth-order valence-corrected chi connectivity index (χ4v) is 1.18. The molecule has 1 atom stereocenters. The molecule has 6 nitrogen and oxygen atoms in total. The van der Waals surface area contributed by atoms with Gasteiger partial charge in [-0.2, -0.15) is 0 Å². The lowest BCUT2D eigenvalue weighted by Crippen LogP contribution is -2.26. The molecule has 0 aliphatic heterocycles. The molecule has 0 fully saturated rings. The Kier molecular flexibility index (Phi) is 6.49. The van der Waals surface area contributed by atoms with E-state index in [2.05, 4.69) is 5.32 Å². The van der Waals surface area contributed by atoms with Crippen LogP contribution in [-0.4, -0.2) is 34.6 Å². The number of aliphatic hydroxyl groups is 1. The number of hydrogen-bond donors (Lipinski definition) is 3. The summed E-state index contributed by atoms with van der Waals surface area (Å²) >= 11 is 0. The monoisotopic (exact) mass is 234 g/mol. The lowest BCUT2D eigenvalue weighted by molar-refractivity contribution is -0.134. The third kappa shape index (κ3) is 5.93. The molecule has 7 heteroatoms. The lowest BCUT2D eigenvalue weighted by atomic mass is 10.3. The van der Waals surface area contributed by atoms with Gasteiger partial charge in [0.2, 0.25) is 12.3 Å². The first-order chi connectivity index (χ1) is 7.01.